The Labute approximate surface area is 88.9 Å². The van der Waals surface area contributed by atoms with Crippen molar-refractivity contribution in [1.82, 2.24) is 30.9 Å². The van der Waals surface area contributed by atoms with Gasteiger partial charge in [-0.2, -0.15) is 5.21 Å². The Morgan fingerprint density at radius 2 is 2.53 bits per heavy atom. The number of amides is 1. The lowest BCUT2D eigenvalue weighted by molar-refractivity contribution is 0.0929. The summed E-state index contributed by atoms with van der Waals surface area (Å²) < 4.78 is 0. The minimum Gasteiger partial charge on any atom is -0.340 e. The fraction of sp³-hybridized carbons (Fsp3) is 0.286. The summed E-state index contributed by atoms with van der Waals surface area (Å²) in [6.07, 6.45) is 1.69. The summed E-state index contributed by atoms with van der Waals surface area (Å²) in [4.78, 5) is 15.6. The van der Waals surface area contributed by atoms with Crippen LogP contribution in [0.3, 0.4) is 0 Å². The standard InChI is InChI=1S/C7H8N6OS/c1-4(7-8-2-3-15-7)9-6(14)5-10-12-13-11-5/h2-4H,1H3,(H,9,14)(H,10,11,12,13). The number of carbonyl (C=O) groups excluding carboxylic acids is 1. The molecule has 0 aliphatic heterocycles. The van der Waals surface area contributed by atoms with Crippen LogP contribution in [0.15, 0.2) is 11.6 Å². The Bertz CT molecular complexity index is 424. The fourth-order valence-electron chi connectivity index (χ4n) is 1.03. The molecule has 0 aliphatic carbocycles. The Kier molecular flexibility index (Phi) is 2.68. The zero-order chi connectivity index (χ0) is 10.7. The van der Waals surface area contributed by atoms with Crippen LogP contribution in [0, 0.1) is 0 Å². The lowest BCUT2D eigenvalue weighted by atomic mass is 10.3. The van der Waals surface area contributed by atoms with Crippen LogP contribution < -0.4 is 5.32 Å². The van der Waals surface area contributed by atoms with E-state index >= 15 is 0 Å². The molecule has 0 spiro atoms. The number of carbonyl (C=O) groups is 1. The number of nitrogens with one attached hydrogen (secondary N) is 2. The van der Waals surface area contributed by atoms with Crippen molar-refractivity contribution in [2.24, 2.45) is 0 Å². The summed E-state index contributed by atoms with van der Waals surface area (Å²) in [6.45, 7) is 1.84. The van der Waals surface area contributed by atoms with Crippen molar-refractivity contribution < 1.29 is 4.79 Å². The van der Waals surface area contributed by atoms with Gasteiger partial charge in [-0.1, -0.05) is 0 Å². The van der Waals surface area contributed by atoms with Crippen LogP contribution in [0.4, 0.5) is 0 Å². The van der Waals surface area contributed by atoms with Gasteiger partial charge in [0.2, 0.25) is 0 Å². The predicted octanol–water partition coefficient (Wildman–Crippen LogP) is 0.147. The summed E-state index contributed by atoms with van der Waals surface area (Å²) in [5.41, 5.74) is 0. The molecule has 0 fully saturated rings. The quantitative estimate of drug-likeness (QED) is 0.773. The van der Waals surface area contributed by atoms with Crippen molar-refractivity contribution in [2.75, 3.05) is 0 Å². The van der Waals surface area contributed by atoms with Gasteiger partial charge in [-0.15, -0.1) is 21.5 Å². The molecule has 8 heteroatoms. The number of tetrazole rings is 1. The highest BCUT2D eigenvalue weighted by Crippen LogP contribution is 2.14. The van der Waals surface area contributed by atoms with Crippen LogP contribution in [0.2, 0.25) is 0 Å². The van der Waals surface area contributed by atoms with Crippen molar-refractivity contribution in [2.45, 2.75) is 13.0 Å². The molecule has 2 aromatic rings. The summed E-state index contributed by atoms with van der Waals surface area (Å²) in [5, 5.41) is 18.1. The van der Waals surface area contributed by atoms with Crippen molar-refractivity contribution in [3.05, 3.63) is 22.4 Å². The van der Waals surface area contributed by atoms with Gasteiger partial charge >= 0.3 is 0 Å². The minimum absolute atomic E-state index is 0.0263. The Hall–Kier alpha value is -1.83. The van der Waals surface area contributed by atoms with Gasteiger partial charge in [0.25, 0.3) is 11.7 Å². The van der Waals surface area contributed by atoms with Gasteiger partial charge < -0.3 is 5.32 Å². The molecular formula is C7H8N6OS. The van der Waals surface area contributed by atoms with Gasteiger partial charge in [0, 0.05) is 11.6 Å². The van der Waals surface area contributed by atoms with E-state index in [9.17, 15) is 4.79 Å². The molecule has 1 atom stereocenters. The van der Waals surface area contributed by atoms with E-state index in [1.54, 1.807) is 6.20 Å². The van der Waals surface area contributed by atoms with E-state index in [1.165, 1.54) is 11.3 Å². The third kappa shape index (κ3) is 2.15. The molecule has 0 aliphatic rings. The molecule has 0 bridgehead atoms. The highest BCUT2D eigenvalue weighted by atomic mass is 32.1. The third-order valence-corrected chi connectivity index (χ3v) is 2.68. The molecule has 15 heavy (non-hydrogen) atoms. The first-order chi connectivity index (χ1) is 7.27. The monoisotopic (exact) mass is 224 g/mol. The molecule has 2 N–H and O–H groups in total. The average molecular weight is 224 g/mol. The van der Waals surface area contributed by atoms with Crippen LogP contribution in [-0.2, 0) is 0 Å². The normalized spacial score (nSPS) is 12.3. The van der Waals surface area contributed by atoms with Crippen molar-refractivity contribution in [3.8, 4) is 0 Å². The Balaban J connectivity index is 2.01. The van der Waals surface area contributed by atoms with E-state index in [2.05, 4.69) is 30.9 Å². The molecule has 1 unspecified atom stereocenters. The van der Waals surface area contributed by atoms with Crippen LogP contribution in [0.25, 0.3) is 0 Å². The molecule has 7 nitrogen and oxygen atoms in total. The first-order valence-electron chi connectivity index (χ1n) is 4.21. The first kappa shape index (κ1) is 9.71. The SMILES string of the molecule is CC(NC(=O)c1nn[nH]n1)c1nccs1. The van der Waals surface area contributed by atoms with Crippen molar-refractivity contribution in [1.29, 1.82) is 0 Å². The molecule has 78 valence electrons. The number of aromatic amines is 1. The number of H-pyrrole nitrogens is 1. The van der Waals surface area contributed by atoms with E-state index in [1.807, 2.05) is 12.3 Å². The maximum atomic E-state index is 11.5. The van der Waals surface area contributed by atoms with Gasteiger partial charge in [0.15, 0.2) is 0 Å². The van der Waals surface area contributed by atoms with Crippen LogP contribution in [0.5, 0.6) is 0 Å². The maximum Gasteiger partial charge on any atom is 0.293 e. The second-order valence-corrected chi connectivity index (χ2v) is 3.73. The number of nitrogens with zero attached hydrogens (tertiary/aromatic N) is 4. The molecule has 2 aromatic heterocycles. The zero-order valence-electron chi connectivity index (χ0n) is 7.84. The lowest BCUT2D eigenvalue weighted by Crippen LogP contribution is -2.27. The maximum absolute atomic E-state index is 11.5. The Morgan fingerprint density at radius 3 is 3.13 bits per heavy atom. The van der Waals surface area contributed by atoms with Crippen molar-refractivity contribution in [3.63, 3.8) is 0 Å². The summed E-state index contributed by atoms with van der Waals surface area (Å²) in [7, 11) is 0. The fourth-order valence-corrected chi connectivity index (χ4v) is 1.68. The van der Waals surface area contributed by atoms with E-state index < -0.39 is 0 Å². The molecular weight excluding hydrogens is 216 g/mol. The topological polar surface area (TPSA) is 96.5 Å². The highest BCUT2D eigenvalue weighted by Gasteiger charge is 2.15. The lowest BCUT2D eigenvalue weighted by Gasteiger charge is -2.08. The van der Waals surface area contributed by atoms with Crippen LogP contribution in [0.1, 0.15) is 28.6 Å². The van der Waals surface area contributed by atoms with E-state index in [4.69, 9.17) is 0 Å². The summed E-state index contributed by atoms with van der Waals surface area (Å²) in [5.74, 6) is -0.343. The molecule has 1 amide bonds. The molecule has 0 saturated heterocycles. The smallest absolute Gasteiger partial charge is 0.293 e. The minimum atomic E-state index is -0.369. The molecule has 0 radical (unpaired) electrons. The number of thiazole rings is 1. The third-order valence-electron chi connectivity index (χ3n) is 1.72. The van der Waals surface area contributed by atoms with Crippen molar-refractivity contribution >= 4 is 17.2 Å². The van der Waals surface area contributed by atoms with E-state index in [-0.39, 0.29) is 17.8 Å². The average Bonchev–Trinajstić information content (AvgIpc) is 2.91. The van der Waals surface area contributed by atoms with E-state index in [0.29, 0.717) is 0 Å². The number of hydrogen-bond donors (Lipinski definition) is 2. The van der Waals surface area contributed by atoms with E-state index in [0.717, 1.165) is 5.01 Å². The second kappa shape index (κ2) is 4.13. The number of rotatable bonds is 3. The second-order valence-electron chi connectivity index (χ2n) is 2.80. The molecule has 0 saturated carbocycles. The number of aromatic nitrogens is 5. The van der Waals surface area contributed by atoms with Gasteiger partial charge in [-0.25, -0.2) is 4.98 Å². The first-order valence-corrected chi connectivity index (χ1v) is 5.09. The molecule has 2 rings (SSSR count). The highest BCUT2D eigenvalue weighted by molar-refractivity contribution is 7.09. The van der Waals surface area contributed by atoms with Crippen LogP contribution in [-0.4, -0.2) is 31.5 Å². The molecule has 2 heterocycles. The summed E-state index contributed by atoms with van der Waals surface area (Å²) in [6, 6.07) is -0.156. The van der Waals surface area contributed by atoms with Gasteiger partial charge in [-0.3, -0.25) is 4.79 Å². The summed E-state index contributed by atoms with van der Waals surface area (Å²) >= 11 is 1.48. The largest absolute Gasteiger partial charge is 0.340 e. The van der Waals surface area contributed by atoms with Crippen LogP contribution >= 0.6 is 11.3 Å². The number of hydrogen-bond acceptors (Lipinski definition) is 6. The van der Waals surface area contributed by atoms with Gasteiger partial charge in [0.1, 0.15) is 5.01 Å². The Morgan fingerprint density at radius 1 is 1.67 bits per heavy atom. The zero-order valence-corrected chi connectivity index (χ0v) is 8.65. The molecule has 0 aromatic carbocycles. The van der Waals surface area contributed by atoms with Gasteiger partial charge in [-0.05, 0) is 12.1 Å². The predicted molar refractivity (Wildman–Crippen MR) is 52.2 cm³/mol. The van der Waals surface area contributed by atoms with Gasteiger partial charge in [0.05, 0.1) is 6.04 Å².